The number of nitrogens with zero attached hydrogens (tertiary/aromatic N) is 1. The van der Waals surface area contributed by atoms with E-state index in [0.29, 0.717) is 6.04 Å². The van der Waals surface area contributed by atoms with Gasteiger partial charge in [-0.3, -0.25) is 0 Å². The first kappa shape index (κ1) is 15.7. The molecule has 118 valence electrons. The predicted molar refractivity (Wildman–Crippen MR) is 85.3 cm³/mol. The van der Waals surface area contributed by atoms with E-state index in [-0.39, 0.29) is 5.60 Å². The third-order valence-electron chi connectivity index (χ3n) is 4.45. The van der Waals surface area contributed by atoms with Crippen molar-refractivity contribution in [2.45, 2.75) is 50.7 Å². The van der Waals surface area contributed by atoms with Crippen LogP contribution in [0.2, 0.25) is 4.34 Å². The summed E-state index contributed by atoms with van der Waals surface area (Å²) < 4.78 is 12.4. The summed E-state index contributed by atoms with van der Waals surface area (Å²) in [7, 11) is 0. The van der Waals surface area contributed by atoms with Gasteiger partial charge in [0, 0.05) is 38.8 Å². The Labute approximate surface area is 135 Å². The van der Waals surface area contributed by atoms with Crippen molar-refractivity contribution in [1.82, 2.24) is 10.3 Å². The zero-order valence-corrected chi connectivity index (χ0v) is 14.1. The van der Waals surface area contributed by atoms with E-state index in [1.165, 1.54) is 0 Å². The van der Waals surface area contributed by atoms with Crippen LogP contribution in [0.1, 0.15) is 36.4 Å². The highest BCUT2D eigenvalue weighted by Gasteiger charge is 2.38. The minimum absolute atomic E-state index is 0.0647. The summed E-state index contributed by atoms with van der Waals surface area (Å²) in [5.41, 5.74) is 1.01. The Morgan fingerprint density at radius 2 is 2.19 bits per heavy atom. The lowest BCUT2D eigenvalue weighted by atomic mass is 9.84. The standard InChI is InChI=1S/C15H23ClN2O2S/c1-11-14(16)21-13(18-11)2-6-17-12-3-7-20-15(10-12)4-8-19-9-5-15/h12,17H,2-10H2,1H3/t12-/m1/s1. The number of thiazole rings is 1. The van der Waals surface area contributed by atoms with Crippen molar-refractivity contribution in [2.75, 3.05) is 26.4 Å². The first-order valence-corrected chi connectivity index (χ1v) is 8.93. The average Bonchev–Trinajstić information content (AvgIpc) is 2.79. The van der Waals surface area contributed by atoms with Gasteiger partial charge in [0.1, 0.15) is 4.34 Å². The zero-order valence-electron chi connectivity index (χ0n) is 12.5. The maximum absolute atomic E-state index is 6.07. The summed E-state index contributed by atoms with van der Waals surface area (Å²) in [6.45, 7) is 5.46. The van der Waals surface area contributed by atoms with Crippen LogP contribution in [-0.2, 0) is 15.9 Å². The fourth-order valence-corrected chi connectivity index (χ4v) is 4.31. The maximum atomic E-state index is 6.07. The van der Waals surface area contributed by atoms with Gasteiger partial charge in [-0.2, -0.15) is 0 Å². The van der Waals surface area contributed by atoms with E-state index in [1.54, 1.807) is 11.3 Å². The van der Waals surface area contributed by atoms with Crippen LogP contribution in [0.15, 0.2) is 0 Å². The number of hydrogen-bond donors (Lipinski definition) is 1. The van der Waals surface area contributed by atoms with Crippen LogP contribution in [0.4, 0.5) is 0 Å². The molecule has 1 aromatic heterocycles. The molecule has 3 rings (SSSR count). The quantitative estimate of drug-likeness (QED) is 0.921. The molecule has 2 saturated heterocycles. The highest BCUT2D eigenvalue weighted by Crippen LogP contribution is 2.34. The van der Waals surface area contributed by atoms with E-state index in [2.05, 4.69) is 10.3 Å². The molecule has 4 nitrogen and oxygen atoms in total. The first-order valence-electron chi connectivity index (χ1n) is 7.74. The summed E-state index contributed by atoms with van der Waals surface area (Å²) in [5.74, 6) is 0. The molecule has 1 N–H and O–H groups in total. The highest BCUT2D eigenvalue weighted by molar-refractivity contribution is 7.16. The Morgan fingerprint density at radius 3 is 2.90 bits per heavy atom. The van der Waals surface area contributed by atoms with Crippen molar-refractivity contribution >= 4 is 22.9 Å². The van der Waals surface area contributed by atoms with E-state index in [9.17, 15) is 0 Å². The molecule has 2 aliphatic heterocycles. The van der Waals surface area contributed by atoms with E-state index < -0.39 is 0 Å². The average molecular weight is 331 g/mol. The fraction of sp³-hybridized carbons (Fsp3) is 0.800. The first-order chi connectivity index (χ1) is 10.2. The lowest BCUT2D eigenvalue weighted by molar-refractivity contribution is -0.140. The number of aryl methyl sites for hydroxylation is 1. The molecule has 0 unspecified atom stereocenters. The number of aromatic nitrogens is 1. The number of rotatable bonds is 4. The summed E-state index contributed by atoms with van der Waals surface area (Å²) in [5, 5.41) is 4.80. The second-order valence-electron chi connectivity index (χ2n) is 6.00. The van der Waals surface area contributed by atoms with Crippen molar-refractivity contribution in [3.63, 3.8) is 0 Å². The van der Waals surface area contributed by atoms with Crippen LogP contribution in [0, 0.1) is 6.92 Å². The van der Waals surface area contributed by atoms with E-state index in [4.69, 9.17) is 21.1 Å². The van der Waals surface area contributed by atoms with Crippen LogP contribution in [0.25, 0.3) is 0 Å². The Hall–Kier alpha value is -0.200. The van der Waals surface area contributed by atoms with Gasteiger partial charge in [-0.25, -0.2) is 4.98 Å². The molecule has 1 aromatic rings. The molecular weight excluding hydrogens is 308 g/mol. The van der Waals surface area contributed by atoms with E-state index in [0.717, 1.165) is 73.5 Å². The molecule has 21 heavy (non-hydrogen) atoms. The highest BCUT2D eigenvalue weighted by atomic mass is 35.5. The Bertz CT molecular complexity index is 449. The number of halogens is 1. The lowest BCUT2D eigenvalue weighted by Gasteiger charge is -2.43. The molecule has 1 atom stereocenters. The summed E-state index contributed by atoms with van der Waals surface area (Å²) >= 11 is 7.66. The monoisotopic (exact) mass is 330 g/mol. The molecule has 1 spiro atoms. The largest absolute Gasteiger partial charge is 0.381 e. The van der Waals surface area contributed by atoms with E-state index >= 15 is 0 Å². The van der Waals surface area contributed by atoms with Gasteiger partial charge >= 0.3 is 0 Å². The van der Waals surface area contributed by atoms with Crippen LogP contribution in [0.3, 0.4) is 0 Å². The van der Waals surface area contributed by atoms with Crippen molar-refractivity contribution in [1.29, 1.82) is 0 Å². The lowest BCUT2D eigenvalue weighted by Crippen LogP contribution is -2.50. The van der Waals surface area contributed by atoms with Crippen LogP contribution >= 0.6 is 22.9 Å². The molecule has 2 aliphatic rings. The predicted octanol–water partition coefficient (Wildman–Crippen LogP) is 2.97. The molecule has 0 aliphatic carbocycles. The minimum Gasteiger partial charge on any atom is -0.381 e. The zero-order chi connectivity index (χ0) is 14.7. The number of hydrogen-bond acceptors (Lipinski definition) is 5. The van der Waals surface area contributed by atoms with Gasteiger partial charge in [0.05, 0.1) is 16.3 Å². The number of nitrogens with one attached hydrogen (secondary N) is 1. The van der Waals surface area contributed by atoms with Crippen molar-refractivity contribution in [3.8, 4) is 0 Å². The molecular formula is C15H23ClN2O2S. The van der Waals surface area contributed by atoms with Crippen LogP contribution < -0.4 is 5.32 Å². The van der Waals surface area contributed by atoms with Gasteiger partial charge in [0.2, 0.25) is 0 Å². The normalized spacial score (nSPS) is 25.3. The SMILES string of the molecule is Cc1nc(CCN[C@@H]2CCOC3(CCOCC3)C2)sc1Cl. The molecule has 2 fully saturated rings. The van der Waals surface area contributed by atoms with Gasteiger partial charge in [0.15, 0.2) is 0 Å². The van der Waals surface area contributed by atoms with Crippen LogP contribution in [-0.4, -0.2) is 43.0 Å². The molecule has 0 bridgehead atoms. The topological polar surface area (TPSA) is 43.4 Å². The van der Waals surface area contributed by atoms with Crippen molar-refractivity contribution < 1.29 is 9.47 Å². The Morgan fingerprint density at radius 1 is 1.38 bits per heavy atom. The molecule has 0 aromatic carbocycles. The Balaban J connectivity index is 1.46. The molecule has 0 saturated carbocycles. The smallest absolute Gasteiger partial charge is 0.116 e. The van der Waals surface area contributed by atoms with Gasteiger partial charge in [-0.1, -0.05) is 11.6 Å². The second-order valence-corrected chi connectivity index (χ2v) is 7.69. The second kappa shape index (κ2) is 6.92. The molecule has 6 heteroatoms. The van der Waals surface area contributed by atoms with Crippen molar-refractivity contribution in [2.24, 2.45) is 0 Å². The minimum atomic E-state index is 0.0647. The van der Waals surface area contributed by atoms with Crippen molar-refractivity contribution in [3.05, 3.63) is 15.0 Å². The van der Waals surface area contributed by atoms with Crippen LogP contribution in [0.5, 0.6) is 0 Å². The van der Waals surface area contributed by atoms with Gasteiger partial charge in [0.25, 0.3) is 0 Å². The maximum Gasteiger partial charge on any atom is 0.116 e. The molecule has 0 amide bonds. The molecule has 3 heterocycles. The third kappa shape index (κ3) is 3.96. The van der Waals surface area contributed by atoms with E-state index in [1.807, 2.05) is 6.92 Å². The summed E-state index contributed by atoms with van der Waals surface area (Å²) in [6.07, 6.45) is 5.22. The number of ether oxygens (including phenoxy) is 2. The van der Waals surface area contributed by atoms with Gasteiger partial charge in [-0.05, 0) is 32.6 Å². The van der Waals surface area contributed by atoms with Gasteiger partial charge in [-0.15, -0.1) is 11.3 Å². The summed E-state index contributed by atoms with van der Waals surface area (Å²) in [6, 6.07) is 0.549. The fourth-order valence-electron chi connectivity index (χ4n) is 3.22. The molecule has 0 radical (unpaired) electrons. The Kier molecular flexibility index (Phi) is 5.17. The van der Waals surface area contributed by atoms with Gasteiger partial charge < -0.3 is 14.8 Å². The third-order valence-corrected chi connectivity index (χ3v) is 5.96. The summed E-state index contributed by atoms with van der Waals surface area (Å²) in [4.78, 5) is 4.48.